The SMILES string of the molecule is Cc1cc(C2(c3cc(C)c(NC(=O)c4cccc(C(=O)Nc5c(C(C)C)cccc5C(C)C)c4)c(C)c3)CCCCC2)cc(C)c1NC(=O)c1cccc(C(=O)Nc2c(C(C)C)cccc2C(C)C)c1. The molecule has 6 aromatic rings. The molecule has 1 fully saturated rings. The molecule has 0 aromatic heterocycles. The summed E-state index contributed by atoms with van der Waals surface area (Å²) in [7, 11) is 0. The molecule has 0 bridgehead atoms. The highest BCUT2D eigenvalue weighted by molar-refractivity contribution is 6.11. The van der Waals surface area contributed by atoms with Crippen LogP contribution in [-0.4, -0.2) is 23.6 Å². The summed E-state index contributed by atoms with van der Waals surface area (Å²) in [4.78, 5) is 55.5. The van der Waals surface area contributed by atoms with Gasteiger partial charge in [-0.2, -0.15) is 0 Å². The number of hydrogen-bond donors (Lipinski definition) is 4. The molecule has 364 valence electrons. The lowest BCUT2D eigenvalue weighted by molar-refractivity contribution is 0.101. The predicted molar refractivity (Wildman–Crippen MR) is 290 cm³/mol. The Morgan fingerprint density at radius 3 is 0.900 bits per heavy atom. The molecule has 6 aromatic carbocycles. The molecule has 0 aliphatic heterocycles. The number of nitrogens with one attached hydrogen (secondary N) is 4. The highest BCUT2D eigenvalue weighted by atomic mass is 16.2. The minimum Gasteiger partial charge on any atom is -0.322 e. The second-order valence-electron chi connectivity index (χ2n) is 20.8. The number of amides is 4. The van der Waals surface area contributed by atoms with Crippen molar-refractivity contribution in [1.82, 2.24) is 0 Å². The minimum atomic E-state index is -0.280. The molecule has 70 heavy (non-hydrogen) atoms. The Morgan fingerprint density at radius 2 is 0.629 bits per heavy atom. The number of carbonyl (C=O) groups is 4. The standard InChI is InChI=1S/C62H72N4O4/c1-36(2)50-24-18-25-51(37(3)4)56(50)65-60(69)46-22-16-20-44(34-46)58(67)63-54-40(9)30-48(31-41(54)10)62(28-14-13-15-29-62)49-32-42(11)55(43(12)33-49)64-59(68)45-21-17-23-47(35-45)61(70)66-57-52(38(5)6)26-19-27-53(57)39(7)8/h16-27,30-39H,13-15,28-29H2,1-12H3,(H,63,67)(H,64,68)(H,65,69)(H,66,70). The van der Waals surface area contributed by atoms with Crippen molar-refractivity contribution in [1.29, 1.82) is 0 Å². The van der Waals surface area contributed by atoms with Gasteiger partial charge in [0.25, 0.3) is 23.6 Å². The molecule has 0 saturated heterocycles. The molecule has 0 spiro atoms. The molecule has 4 amide bonds. The molecule has 8 nitrogen and oxygen atoms in total. The van der Waals surface area contributed by atoms with Crippen molar-refractivity contribution in [2.24, 2.45) is 0 Å². The Morgan fingerprint density at radius 1 is 0.371 bits per heavy atom. The van der Waals surface area contributed by atoms with Crippen LogP contribution in [0.15, 0.2) is 109 Å². The van der Waals surface area contributed by atoms with Crippen molar-refractivity contribution in [2.45, 2.75) is 144 Å². The van der Waals surface area contributed by atoms with Gasteiger partial charge in [0, 0.05) is 50.4 Å². The van der Waals surface area contributed by atoms with E-state index in [1.165, 1.54) is 17.5 Å². The van der Waals surface area contributed by atoms with Crippen LogP contribution in [0.4, 0.5) is 22.7 Å². The Bertz CT molecular complexity index is 2660. The summed E-state index contributed by atoms with van der Waals surface area (Å²) in [6, 6.07) is 35.1. The highest BCUT2D eigenvalue weighted by Gasteiger charge is 2.37. The maximum Gasteiger partial charge on any atom is 0.255 e. The van der Waals surface area contributed by atoms with Gasteiger partial charge in [-0.3, -0.25) is 19.2 Å². The molecular weight excluding hydrogens is 865 g/mol. The van der Waals surface area contributed by atoms with Gasteiger partial charge in [0.1, 0.15) is 0 Å². The molecular formula is C62H72N4O4. The maximum absolute atomic E-state index is 14.0. The van der Waals surface area contributed by atoms with Crippen LogP contribution in [0, 0.1) is 27.7 Å². The van der Waals surface area contributed by atoms with E-state index in [-0.39, 0.29) is 52.7 Å². The van der Waals surface area contributed by atoms with Gasteiger partial charge in [-0.25, -0.2) is 0 Å². The average Bonchev–Trinajstić information content (AvgIpc) is 3.33. The predicted octanol–water partition coefficient (Wildman–Crippen LogP) is 15.7. The van der Waals surface area contributed by atoms with Crippen molar-refractivity contribution in [3.05, 3.63) is 187 Å². The monoisotopic (exact) mass is 937 g/mol. The lowest BCUT2D eigenvalue weighted by atomic mass is 9.64. The Labute approximate surface area is 416 Å². The summed E-state index contributed by atoms with van der Waals surface area (Å²) in [6.07, 6.45) is 5.30. The Balaban J connectivity index is 1.10. The topological polar surface area (TPSA) is 116 Å². The number of anilines is 4. The van der Waals surface area contributed by atoms with Gasteiger partial charge in [0.2, 0.25) is 0 Å². The quantitative estimate of drug-likeness (QED) is 0.0870. The first-order chi connectivity index (χ1) is 33.3. The van der Waals surface area contributed by atoms with Gasteiger partial charge < -0.3 is 21.3 Å². The molecule has 0 radical (unpaired) electrons. The summed E-state index contributed by atoms with van der Waals surface area (Å²) >= 11 is 0. The molecule has 0 unspecified atom stereocenters. The molecule has 1 aliphatic carbocycles. The second kappa shape index (κ2) is 21.5. The van der Waals surface area contributed by atoms with Gasteiger partial charge in [0.15, 0.2) is 0 Å². The van der Waals surface area contributed by atoms with E-state index < -0.39 is 0 Å². The van der Waals surface area contributed by atoms with Gasteiger partial charge >= 0.3 is 0 Å². The molecule has 1 aliphatic rings. The summed E-state index contributed by atoms with van der Waals surface area (Å²) < 4.78 is 0. The number of para-hydroxylation sites is 2. The summed E-state index contributed by atoms with van der Waals surface area (Å²) in [5.41, 5.74) is 15.2. The van der Waals surface area contributed by atoms with Crippen molar-refractivity contribution in [3.63, 3.8) is 0 Å². The first-order valence-corrected chi connectivity index (χ1v) is 25.2. The van der Waals surface area contributed by atoms with Crippen LogP contribution in [0.1, 0.15) is 208 Å². The third-order valence-electron chi connectivity index (χ3n) is 14.4. The number of benzene rings is 6. The third kappa shape index (κ3) is 10.8. The van der Waals surface area contributed by atoms with Crippen LogP contribution in [0.3, 0.4) is 0 Å². The fraction of sp³-hybridized carbons (Fsp3) is 0.355. The van der Waals surface area contributed by atoms with Crippen LogP contribution in [0.2, 0.25) is 0 Å². The molecule has 0 atom stereocenters. The first kappa shape index (κ1) is 51.1. The van der Waals surface area contributed by atoms with E-state index in [1.54, 1.807) is 48.5 Å². The van der Waals surface area contributed by atoms with Crippen molar-refractivity contribution < 1.29 is 19.2 Å². The van der Waals surface area contributed by atoms with Crippen molar-refractivity contribution >= 4 is 46.4 Å². The zero-order valence-electron chi connectivity index (χ0n) is 43.4. The molecule has 0 heterocycles. The third-order valence-corrected chi connectivity index (χ3v) is 14.4. The second-order valence-corrected chi connectivity index (χ2v) is 20.8. The first-order valence-electron chi connectivity index (χ1n) is 25.2. The van der Waals surface area contributed by atoms with Crippen LogP contribution in [0.5, 0.6) is 0 Å². The number of hydrogen-bond acceptors (Lipinski definition) is 4. The van der Waals surface area contributed by atoms with Gasteiger partial charge in [-0.05, 0) is 156 Å². The van der Waals surface area contributed by atoms with E-state index in [1.807, 2.05) is 39.8 Å². The molecule has 7 rings (SSSR count). The van der Waals surface area contributed by atoms with Crippen molar-refractivity contribution in [2.75, 3.05) is 21.3 Å². The number of aryl methyl sites for hydroxylation is 4. The average molecular weight is 937 g/mol. The fourth-order valence-electron chi connectivity index (χ4n) is 10.5. The van der Waals surface area contributed by atoms with Gasteiger partial charge in [0.05, 0.1) is 0 Å². The van der Waals surface area contributed by atoms with E-state index in [2.05, 4.69) is 125 Å². The minimum absolute atomic E-state index is 0.224. The lowest BCUT2D eigenvalue weighted by Gasteiger charge is -2.40. The summed E-state index contributed by atoms with van der Waals surface area (Å²) in [5.74, 6) is -0.170. The Hall–Kier alpha value is -6.80. The molecule has 1 saturated carbocycles. The maximum atomic E-state index is 14.0. The summed E-state index contributed by atoms with van der Waals surface area (Å²) in [5, 5.41) is 12.8. The smallest absolute Gasteiger partial charge is 0.255 e. The lowest BCUT2D eigenvalue weighted by Crippen LogP contribution is -2.31. The fourth-order valence-corrected chi connectivity index (χ4v) is 10.5. The van der Waals surface area contributed by atoms with E-state index in [0.717, 1.165) is 92.9 Å². The zero-order chi connectivity index (χ0) is 50.6. The van der Waals surface area contributed by atoms with Crippen molar-refractivity contribution in [3.8, 4) is 0 Å². The molecule has 4 N–H and O–H groups in total. The number of rotatable bonds is 14. The molecule has 8 heteroatoms. The largest absolute Gasteiger partial charge is 0.322 e. The van der Waals surface area contributed by atoms with Gasteiger partial charge in [-0.15, -0.1) is 0 Å². The van der Waals surface area contributed by atoms with Crippen LogP contribution >= 0.6 is 0 Å². The normalized spacial score (nSPS) is 13.4. The van der Waals surface area contributed by atoms with Crippen LogP contribution < -0.4 is 21.3 Å². The Kier molecular flexibility index (Phi) is 15.7. The summed E-state index contributed by atoms with van der Waals surface area (Å²) in [6.45, 7) is 25.2. The zero-order valence-corrected chi connectivity index (χ0v) is 43.4. The van der Waals surface area contributed by atoms with E-state index in [4.69, 9.17) is 0 Å². The van der Waals surface area contributed by atoms with Crippen LogP contribution in [-0.2, 0) is 5.41 Å². The van der Waals surface area contributed by atoms with E-state index in [9.17, 15) is 19.2 Å². The highest BCUT2D eigenvalue weighted by Crippen LogP contribution is 2.47. The van der Waals surface area contributed by atoms with Gasteiger partial charge in [-0.1, -0.05) is 147 Å². The van der Waals surface area contributed by atoms with E-state index >= 15 is 0 Å². The van der Waals surface area contributed by atoms with E-state index in [0.29, 0.717) is 22.3 Å². The van der Waals surface area contributed by atoms with Crippen LogP contribution in [0.25, 0.3) is 0 Å². The number of carbonyl (C=O) groups excluding carboxylic acids is 4.